The Balaban J connectivity index is 2.14. The number of hydroxylamine groups is 1. The third-order valence-corrected chi connectivity index (χ3v) is 7.04. The molecule has 0 aliphatic heterocycles. The van der Waals surface area contributed by atoms with E-state index in [0.29, 0.717) is 6.61 Å². The van der Waals surface area contributed by atoms with Crippen molar-refractivity contribution in [2.75, 3.05) is 6.61 Å². The molecule has 186 valence electrons. The maximum atomic E-state index is 11.3. The Labute approximate surface area is 206 Å². The summed E-state index contributed by atoms with van der Waals surface area (Å²) < 4.78 is 6.44. The fraction of sp³-hybridized carbons (Fsp3) is 0.467. The molecule has 0 amide bonds. The summed E-state index contributed by atoms with van der Waals surface area (Å²) in [6, 6.07) is -0.288. The molecule has 5 unspecified atom stereocenters. The van der Waals surface area contributed by atoms with Gasteiger partial charge < -0.3 is 15.1 Å². The van der Waals surface area contributed by atoms with Crippen LogP contribution in [0.5, 0.6) is 0 Å². The molecule has 2 rings (SSSR count). The number of rotatable bonds is 13. The van der Waals surface area contributed by atoms with Crippen molar-refractivity contribution in [1.29, 1.82) is 0 Å². The van der Waals surface area contributed by atoms with Crippen molar-refractivity contribution >= 4 is 0 Å². The molecule has 0 heterocycles. The Kier molecular flexibility index (Phi) is 10.3. The molecule has 0 aromatic rings. The molecule has 4 heteroatoms. The molecule has 4 nitrogen and oxygen atoms in total. The number of aliphatic hydroxyl groups excluding tert-OH is 1. The number of nitrogens with one attached hydrogen (secondary N) is 1. The molecule has 0 radical (unpaired) electrons. The lowest BCUT2D eigenvalue weighted by atomic mass is 9.76. The number of hydrogen-bond acceptors (Lipinski definition) is 4. The van der Waals surface area contributed by atoms with Crippen LogP contribution >= 0.6 is 0 Å². The molecule has 34 heavy (non-hydrogen) atoms. The van der Waals surface area contributed by atoms with E-state index in [9.17, 15) is 10.3 Å². The Hall–Kier alpha value is -2.24. The van der Waals surface area contributed by atoms with Gasteiger partial charge in [-0.3, -0.25) is 0 Å². The second-order valence-electron chi connectivity index (χ2n) is 9.59. The lowest BCUT2D eigenvalue weighted by Gasteiger charge is -2.37. The van der Waals surface area contributed by atoms with E-state index in [2.05, 4.69) is 75.9 Å². The SMILES string of the molecule is C=C1C(NO)C1C(C)(OCC1=CCC(C)(C(=C)C=CC=CCC)C=C1)C(O)C(C=CCC)=CC. The van der Waals surface area contributed by atoms with E-state index < -0.39 is 11.7 Å². The molecule has 0 saturated heterocycles. The van der Waals surface area contributed by atoms with Gasteiger partial charge in [-0.15, -0.1) is 0 Å². The molecule has 3 N–H and O–H groups in total. The van der Waals surface area contributed by atoms with Crippen LogP contribution in [0.4, 0.5) is 0 Å². The third kappa shape index (κ3) is 6.45. The van der Waals surface area contributed by atoms with Crippen molar-refractivity contribution in [3.8, 4) is 0 Å². The first-order valence-corrected chi connectivity index (χ1v) is 12.3. The highest BCUT2D eigenvalue weighted by Gasteiger charge is 2.58. The van der Waals surface area contributed by atoms with Crippen LogP contribution < -0.4 is 5.48 Å². The van der Waals surface area contributed by atoms with Gasteiger partial charge in [0.1, 0.15) is 11.7 Å². The summed E-state index contributed by atoms with van der Waals surface area (Å²) in [4.78, 5) is 0. The molecule has 2 aliphatic rings. The minimum atomic E-state index is -0.940. The van der Waals surface area contributed by atoms with Gasteiger partial charge >= 0.3 is 0 Å². The van der Waals surface area contributed by atoms with E-state index >= 15 is 0 Å². The van der Waals surface area contributed by atoms with E-state index in [1.807, 2.05) is 38.2 Å². The molecule has 1 fully saturated rings. The van der Waals surface area contributed by atoms with Gasteiger partial charge in [-0.25, -0.2) is 0 Å². The molecule has 0 aromatic heterocycles. The van der Waals surface area contributed by atoms with E-state index in [1.54, 1.807) is 0 Å². The maximum absolute atomic E-state index is 11.3. The summed E-state index contributed by atoms with van der Waals surface area (Å²) >= 11 is 0. The lowest BCUT2D eigenvalue weighted by molar-refractivity contribution is -0.106. The number of aliphatic hydroxyl groups is 1. The largest absolute Gasteiger partial charge is 0.385 e. The van der Waals surface area contributed by atoms with Gasteiger partial charge in [-0.05, 0) is 55.4 Å². The summed E-state index contributed by atoms with van der Waals surface area (Å²) in [5.74, 6) is -0.197. The van der Waals surface area contributed by atoms with E-state index in [4.69, 9.17) is 4.74 Å². The van der Waals surface area contributed by atoms with Crippen LogP contribution in [0.3, 0.4) is 0 Å². The van der Waals surface area contributed by atoms with Crippen LogP contribution in [-0.2, 0) is 4.74 Å². The molecular formula is C30H43NO3. The van der Waals surface area contributed by atoms with Crippen molar-refractivity contribution in [2.24, 2.45) is 11.3 Å². The highest BCUT2D eigenvalue weighted by molar-refractivity contribution is 5.41. The second-order valence-corrected chi connectivity index (χ2v) is 9.59. The highest BCUT2D eigenvalue weighted by atomic mass is 16.5. The van der Waals surface area contributed by atoms with Gasteiger partial charge in [-0.1, -0.05) is 94.7 Å². The zero-order valence-electron chi connectivity index (χ0n) is 21.6. The third-order valence-electron chi connectivity index (χ3n) is 7.04. The van der Waals surface area contributed by atoms with Crippen molar-refractivity contribution in [3.05, 3.63) is 96.2 Å². The van der Waals surface area contributed by atoms with Crippen LogP contribution in [-0.4, -0.2) is 34.7 Å². The van der Waals surface area contributed by atoms with Crippen LogP contribution in [0.2, 0.25) is 0 Å². The average Bonchev–Trinajstić information content (AvgIpc) is 3.51. The average molecular weight is 466 g/mol. The minimum Gasteiger partial charge on any atom is -0.385 e. The summed E-state index contributed by atoms with van der Waals surface area (Å²) in [7, 11) is 0. The van der Waals surface area contributed by atoms with Gasteiger partial charge in [0.05, 0.1) is 12.6 Å². The summed E-state index contributed by atoms with van der Waals surface area (Å²) in [5.41, 5.74) is 4.98. The smallest absolute Gasteiger partial charge is 0.108 e. The highest BCUT2D eigenvalue weighted by Crippen LogP contribution is 2.49. The molecule has 0 aromatic carbocycles. The molecule has 0 bridgehead atoms. The summed E-state index contributed by atoms with van der Waals surface area (Å²) in [5, 5.41) is 20.9. The molecule has 1 saturated carbocycles. The Morgan fingerprint density at radius 2 is 2.00 bits per heavy atom. The Morgan fingerprint density at radius 1 is 1.29 bits per heavy atom. The van der Waals surface area contributed by atoms with Gasteiger partial charge in [0.25, 0.3) is 0 Å². The zero-order valence-corrected chi connectivity index (χ0v) is 21.6. The number of allylic oxidation sites excluding steroid dienone is 9. The van der Waals surface area contributed by atoms with E-state index in [1.165, 1.54) is 0 Å². The first kappa shape index (κ1) is 28.0. The quantitative estimate of drug-likeness (QED) is 0.164. The zero-order chi connectivity index (χ0) is 25.4. The normalized spacial score (nSPS) is 28.0. The van der Waals surface area contributed by atoms with Gasteiger partial charge in [-0.2, -0.15) is 5.48 Å². The van der Waals surface area contributed by atoms with Gasteiger partial charge in [0, 0.05) is 11.3 Å². The van der Waals surface area contributed by atoms with Crippen LogP contribution in [0.25, 0.3) is 0 Å². The minimum absolute atomic E-state index is 0.136. The van der Waals surface area contributed by atoms with Gasteiger partial charge in [0.2, 0.25) is 0 Å². The first-order valence-electron chi connectivity index (χ1n) is 12.3. The van der Waals surface area contributed by atoms with E-state index in [-0.39, 0.29) is 17.4 Å². The fourth-order valence-electron chi connectivity index (χ4n) is 4.37. The maximum Gasteiger partial charge on any atom is 0.108 e. The Bertz CT molecular complexity index is 919. The first-order chi connectivity index (χ1) is 16.2. The standard InChI is InChI=1S/C30H43NO3/c1-8-11-13-14-15-22(4)29(6)19-17-24(18-20-29)21-34-30(7,26-23(5)27(26)31-33)28(32)25(10-3)16-12-9-2/h10-19,26-28,31-33H,4-5,8-9,20-21H2,1-3,6-7H3. The van der Waals surface area contributed by atoms with Crippen molar-refractivity contribution in [2.45, 2.75) is 71.6 Å². The number of ether oxygens (including phenoxy) is 1. The van der Waals surface area contributed by atoms with Crippen molar-refractivity contribution < 1.29 is 15.1 Å². The molecule has 5 atom stereocenters. The van der Waals surface area contributed by atoms with Crippen LogP contribution in [0.1, 0.15) is 53.9 Å². The second kappa shape index (κ2) is 12.5. The van der Waals surface area contributed by atoms with Crippen LogP contribution in [0.15, 0.2) is 96.2 Å². The van der Waals surface area contributed by atoms with Crippen LogP contribution in [0, 0.1) is 11.3 Å². The van der Waals surface area contributed by atoms with E-state index in [0.717, 1.165) is 41.6 Å². The van der Waals surface area contributed by atoms with Gasteiger partial charge in [0.15, 0.2) is 0 Å². The Morgan fingerprint density at radius 3 is 2.53 bits per heavy atom. The lowest BCUT2D eigenvalue weighted by Crippen LogP contribution is -2.47. The topological polar surface area (TPSA) is 61.7 Å². The van der Waals surface area contributed by atoms with Crippen molar-refractivity contribution in [3.63, 3.8) is 0 Å². The molecule has 2 aliphatic carbocycles. The monoisotopic (exact) mass is 465 g/mol. The summed E-state index contributed by atoms with van der Waals surface area (Å²) in [6.45, 7) is 18.9. The predicted molar refractivity (Wildman–Crippen MR) is 143 cm³/mol. The molecule has 0 spiro atoms. The predicted octanol–water partition coefficient (Wildman–Crippen LogP) is 6.54. The fourth-order valence-corrected chi connectivity index (χ4v) is 4.37. The number of hydrogen-bond donors (Lipinski definition) is 3. The molecular weight excluding hydrogens is 422 g/mol. The summed E-state index contributed by atoms with van der Waals surface area (Å²) in [6.07, 6.45) is 22.5. The van der Waals surface area contributed by atoms with Crippen molar-refractivity contribution in [1.82, 2.24) is 5.48 Å².